The summed E-state index contributed by atoms with van der Waals surface area (Å²) in [6.07, 6.45) is 1.79. The lowest BCUT2D eigenvalue weighted by Crippen LogP contribution is -1.96. The number of nitrogens with zero attached hydrogens (tertiary/aromatic N) is 1. The molecule has 0 atom stereocenters. The number of allylic oxidation sites excluding steroid dienone is 1. The number of rotatable bonds is 6. The van der Waals surface area contributed by atoms with Crippen LogP contribution >= 0.6 is 0 Å². The molecule has 0 aliphatic carbocycles. The molecule has 0 heterocycles. The minimum absolute atomic E-state index is 0.336. The van der Waals surface area contributed by atoms with Gasteiger partial charge in [0.05, 0.1) is 24.9 Å². The van der Waals surface area contributed by atoms with Crippen molar-refractivity contribution >= 4 is 22.4 Å². The van der Waals surface area contributed by atoms with Crippen molar-refractivity contribution in [2.24, 2.45) is 0 Å². The second-order valence-electron chi connectivity index (χ2n) is 5.90. The summed E-state index contributed by atoms with van der Waals surface area (Å²) in [5, 5.41) is 11.6. The van der Waals surface area contributed by atoms with E-state index in [0.717, 1.165) is 22.1 Å². The summed E-state index contributed by atoms with van der Waals surface area (Å²) in [4.78, 5) is 0. The highest BCUT2D eigenvalue weighted by Gasteiger charge is 2.11. The Morgan fingerprint density at radius 3 is 2.37 bits per heavy atom. The van der Waals surface area contributed by atoms with Crippen LogP contribution in [0.3, 0.4) is 0 Å². The van der Waals surface area contributed by atoms with Crippen LogP contribution in [0.15, 0.2) is 54.6 Å². The van der Waals surface area contributed by atoms with Crippen molar-refractivity contribution in [1.29, 1.82) is 5.26 Å². The molecule has 0 N–H and O–H groups in total. The summed E-state index contributed by atoms with van der Waals surface area (Å²) >= 11 is 0. The highest BCUT2D eigenvalue weighted by Crippen LogP contribution is 2.34. The van der Waals surface area contributed by atoms with Crippen LogP contribution in [-0.2, 0) is 0 Å². The molecule has 0 radical (unpaired) electrons. The number of benzene rings is 3. The molecular weight excluding hydrogens is 341 g/mol. The number of ether oxygens (including phenoxy) is 2. The SMILES string of the molecule is CCOc1ccc2ccc(OCC)c(/C=C(/C#N)c3ccc(F)cc3)c2c1. The number of fused-ring (bicyclic) bond motifs is 1. The molecule has 3 aromatic rings. The largest absolute Gasteiger partial charge is 0.494 e. The maximum absolute atomic E-state index is 13.2. The van der Waals surface area contributed by atoms with Crippen LogP contribution in [-0.4, -0.2) is 13.2 Å². The molecular formula is C23H20FNO2. The zero-order valence-electron chi connectivity index (χ0n) is 15.3. The fraction of sp³-hybridized carbons (Fsp3) is 0.174. The Hall–Kier alpha value is -3.32. The van der Waals surface area contributed by atoms with Crippen molar-refractivity contribution in [3.63, 3.8) is 0 Å². The third-order valence-corrected chi connectivity index (χ3v) is 4.17. The normalized spacial score (nSPS) is 11.3. The monoisotopic (exact) mass is 361 g/mol. The molecule has 27 heavy (non-hydrogen) atoms. The molecule has 3 rings (SSSR count). The lowest BCUT2D eigenvalue weighted by molar-refractivity contribution is 0.339. The van der Waals surface area contributed by atoms with E-state index >= 15 is 0 Å². The fourth-order valence-corrected chi connectivity index (χ4v) is 2.94. The highest BCUT2D eigenvalue weighted by atomic mass is 19.1. The lowest BCUT2D eigenvalue weighted by atomic mass is 9.98. The van der Waals surface area contributed by atoms with E-state index in [1.165, 1.54) is 12.1 Å². The van der Waals surface area contributed by atoms with Crippen LogP contribution in [0.25, 0.3) is 22.4 Å². The Bertz CT molecular complexity index is 1010. The van der Waals surface area contributed by atoms with Crippen molar-refractivity contribution < 1.29 is 13.9 Å². The second-order valence-corrected chi connectivity index (χ2v) is 5.90. The van der Waals surface area contributed by atoms with E-state index in [0.29, 0.717) is 30.1 Å². The van der Waals surface area contributed by atoms with Gasteiger partial charge >= 0.3 is 0 Å². The van der Waals surface area contributed by atoms with Crippen LogP contribution in [0, 0.1) is 17.1 Å². The first-order valence-corrected chi connectivity index (χ1v) is 8.86. The minimum Gasteiger partial charge on any atom is -0.494 e. The standard InChI is InChI=1S/C23H20FNO2/c1-3-26-20-11-7-17-8-12-23(27-4-2)22(21(17)14-20)13-18(15-25)16-5-9-19(24)10-6-16/h5-14H,3-4H2,1-2H3/b18-13-. The maximum Gasteiger partial charge on any atom is 0.127 e. The predicted octanol–water partition coefficient (Wildman–Crippen LogP) is 5.84. The molecule has 4 heteroatoms. The van der Waals surface area contributed by atoms with Gasteiger partial charge in [-0.3, -0.25) is 0 Å². The second kappa shape index (κ2) is 8.37. The fourth-order valence-electron chi connectivity index (χ4n) is 2.94. The van der Waals surface area contributed by atoms with Gasteiger partial charge in [0.25, 0.3) is 0 Å². The van der Waals surface area contributed by atoms with Crippen LogP contribution in [0.5, 0.6) is 11.5 Å². The van der Waals surface area contributed by atoms with Gasteiger partial charge in [-0.05, 0) is 66.6 Å². The van der Waals surface area contributed by atoms with Crippen molar-refractivity contribution in [1.82, 2.24) is 0 Å². The molecule has 0 unspecified atom stereocenters. The quantitative estimate of drug-likeness (QED) is 0.409. The van der Waals surface area contributed by atoms with Crippen molar-refractivity contribution in [3.05, 3.63) is 71.5 Å². The number of nitriles is 1. The molecule has 0 amide bonds. The lowest BCUT2D eigenvalue weighted by Gasteiger charge is -2.13. The number of hydrogen-bond acceptors (Lipinski definition) is 3. The first-order chi connectivity index (χ1) is 13.2. The zero-order chi connectivity index (χ0) is 19.2. The van der Waals surface area contributed by atoms with Gasteiger partial charge in [0.1, 0.15) is 17.3 Å². The van der Waals surface area contributed by atoms with Gasteiger partial charge in [-0.1, -0.05) is 24.3 Å². The average Bonchev–Trinajstić information content (AvgIpc) is 2.68. The first kappa shape index (κ1) is 18.5. The van der Waals surface area contributed by atoms with Crippen molar-refractivity contribution in [2.45, 2.75) is 13.8 Å². The minimum atomic E-state index is -0.336. The van der Waals surface area contributed by atoms with Crippen molar-refractivity contribution in [3.8, 4) is 17.6 Å². The molecule has 0 aliphatic rings. The maximum atomic E-state index is 13.2. The van der Waals surface area contributed by atoms with Crippen LogP contribution in [0.2, 0.25) is 0 Å². The first-order valence-electron chi connectivity index (χ1n) is 8.86. The molecule has 0 bridgehead atoms. The van der Waals surface area contributed by atoms with E-state index in [-0.39, 0.29) is 5.82 Å². The molecule has 0 saturated heterocycles. The molecule has 0 aromatic heterocycles. The Labute approximate surface area is 158 Å². The number of hydrogen-bond donors (Lipinski definition) is 0. The van der Waals surface area contributed by atoms with Gasteiger partial charge in [-0.2, -0.15) is 5.26 Å². The Balaban J connectivity index is 2.22. The molecule has 3 nitrogen and oxygen atoms in total. The van der Waals surface area contributed by atoms with Gasteiger partial charge in [-0.25, -0.2) is 4.39 Å². The average molecular weight is 361 g/mol. The molecule has 0 saturated carbocycles. The van der Waals surface area contributed by atoms with Crippen LogP contribution in [0.4, 0.5) is 4.39 Å². The van der Waals surface area contributed by atoms with E-state index in [2.05, 4.69) is 6.07 Å². The summed E-state index contributed by atoms with van der Waals surface area (Å²) in [6.45, 7) is 4.93. The van der Waals surface area contributed by atoms with Gasteiger partial charge in [-0.15, -0.1) is 0 Å². The molecule has 3 aromatic carbocycles. The molecule has 0 aliphatic heterocycles. The van der Waals surface area contributed by atoms with Gasteiger partial charge in [0.15, 0.2) is 0 Å². The summed E-state index contributed by atoms with van der Waals surface area (Å²) in [5.74, 6) is 1.11. The van der Waals surface area contributed by atoms with E-state index in [1.54, 1.807) is 18.2 Å². The van der Waals surface area contributed by atoms with E-state index in [4.69, 9.17) is 9.47 Å². The number of halogens is 1. The van der Waals surface area contributed by atoms with Crippen LogP contribution < -0.4 is 9.47 Å². The Kier molecular flexibility index (Phi) is 5.73. The Morgan fingerprint density at radius 1 is 1.00 bits per heavy atom. The summed E-state index contributed by atoms with van der Waals surface area (Å²) in [7, 11) is 0. The summed E-state index contributed by atoms with van der Waals surface area (Å²) in [5.41, 5.74) is 1.89. The Morgan fingerprint density at radius 2 is 1.70 bits per heavy atom. The van der Waals surface area contributed by atoms with E-state index in [1.807, 2.05) is 44.2 Å². The molecule has 0 spiro atoms. The van der Waals surface area contributed by atoms with Crippen LogP contribution in [0.1, 0.15) is 25.0 Å². The van der Waals surface area contributed by atoms with Gasteiger partial charge in [0.2, 0.25) is 0 Å². The van der Waals surface area contributed by atoms with E-state index < -0.39 is 0 Å². The van der Waals surface area contributed by atoms with Gasteiger partial charge in [0, 0.05) is 5.56 Å². The highest BCUT2D eigenvalue weighted by molar-refractivity contribution is 6.00. The topological polar surface area (TPSA) is 42.2 Å². The predicted molar refractivity (Wildman–Crippen MR) is 106 cm³/mol. The zero-order valence-corrected chi connectivity index (χ0v) is 15.3. The third-order valence-electron chi connectivity index (χ3n) is 4.17. The van der Waals surface area contributed by atoms with Gasteiger partial charge < -0.3 is 9.47 Å². The molecule has 136 valence electrons. The smallest absolute Gasteiger partial charge is 0.127 e. The summed E-state index contributed by atoms with van der Waals surface area (Å²) in [6, 6.07) is 17.8. The van der Waals surface area contributed by atoms with E-state index in [9.17, 15) is 9.65 Å². The summed E-state index contributed by atoms with van der Waals surface area (Å²) < 4.78 is 24.7. The van der Waals surface area contributed by atoms with Crippen molar-refractivity contribution in [2.75, 3.05) is 13.2 Å². The third kappa shape index (κ3) is 4.09. The molecule has 0 fully saturated rings.